The second-order valence-electron chi connectivity index (χ2n) is 3.42. The zero-order valence-corrected chi connectivity index (χ0v) is 9.04. The lowest BCUT2D eigenvalue weighted by atomic mass is 10.1. The Morgan fingerprint density at radius 1 is 1.27 bits per heavy atom. The molecule has 0 spiro atoms. The van der Waals surface area contributed by atoms with Gasteiger partial charge in [0.1, 0.15) is 0 Å². The summed E-state index contributed by atoms with van der Waals surface area (Å²) in [6, 6.07) is 4.94. The molecule has 4 heteroatoms. The van der Waals surface area contributed by atoms with Gasteiger partial charge in [0.05, 0.1) is 16.1 Å². The highest BCUT2D eigenvalue weighted by molar-refractivity contribution is 6.37. The minimum Gasteiger partial charge on any atom is -0.274 e. The Hall–Kier alpha value is -1.35. The van der Waals surface area contributed by atoms with E-state index in [2.05, 4.69) is 0 Å². The zero-order chi connectivity index (χ0) is 11.0. The molecule has 15 heavy (non-hydrogen) atoms. The lowest BCUT2D eigenvalue weighted by Crippen LogP contribution is -2.30. The molecule has 1 aliphatic heterocycles. The molecule has 0 saturated heterocycles. The van der Waals surface area contributed by atoms with Crippen LogP contribution in [0.4, 0.5) is 0 Å². The van der Waals surface area contributed by atoms with Crippen LogP contribution < -0.4 is 0 Å². The number of hydrogen-bond acceptors (Lipinski definition) is 2. The van der Waals surface area contributed by atoms with Crippen molar-refractivity contribution in [2.75, 3.05) is 6.54 Å². The summed E-state index contributed by atoms with van der Waals surface area (Å²) in [6.07, 6.45) is 0.753. The van der Waals surface area contributed by atoms with Crippen molar-refractivity contribution < 1.29 is 9.59 Å². The SMILES string of the molecule is CCCN1C(=O)c2cccc(Cl)c2C1=O. The maximum Gasteiger partial charge on any atom is 0.263 e. The van der Waals surface area contributed by atoms with E-state index < -0.39 is 0 Å². The largest absolute Gasteiger partial charge is 0.274 e. The summed E-state index contributed by atoms with van der Waals surface area (Å²) >= 11 is 5.90. The lowest BCUT2D eigenvalue weighted by molar-refractivity contribution is 0.0654. The van der Waals surface area contributed by atoms with Crippen molar-refractivity contribution in [2.24, 2.45) is 0 Å². The number of rotatable bonds is 2. The van der Waals surface area contributed by atoms with Crippen LogP contribution in [0, 0.1) is 0 Å². The van der Waals surface area contributed by atoms with Crippen molar-refractivity contribution in [2.45, 2.75) is 13.3 Å². The number of halogens is 1. The third kappa shape index (κ3) is 1.43. The number of amides is 2. The summed E-state index contributed by atoms with van der Waals surface area (Å²) in [6.45, 7) is 2.37. The number of carbonyl (C=O) groups excluding carboxylic acids is 2. The lowest BCUT2D eigenvalue weighted by Gasteiger charge is -2.11. The predicted octanol–water partition coefficient (Wildman–Crippen LogP) is 2.35. The van der Waals surface area contributed by atoms with E-state index in [1.807, 2.05) is 6.92 Å². The first-order valence-electron chi connectivity index (χ1n) is 4.81. The smallest absolute Gasteiger partial charge is 0.263 e. The van der Waals surface area contributed by atoms with Gasteiger partial charge in [0.25, 0.3) is 11.8 Å². The van der Waals surface area contributed by atoms with Gasteiger partial charge in [-0.3, -0.25) is 14.5 Å². The van der Waals surface area contributed by atoms with Crippen LogP contribution in [-0.2, 0) is 0 Å². The summed E-state index contributed by atoms with van der Waals surface area (Å²) in [5.74, 6) is -0.512. The minimum absolute atomic E-state index is 0.237. The van der Waals surface area contributed by atoms with Crippen LogP contribution in [0.25, 0.3) is 0 Å². The fraction of sp³-hybridized carbons (Fsp3) is 0.273. The molecule has 0 aliphatic carbocycles. The van der Waals surface area contributed by atoms with Gasteiger partial charge in [-0.25, -0.2) is 0 Å². The summed E-state index contributed by atoms with van der Waals surface area (Å²) < 4.78 is 0. The van der Waals surface area contributed by atoms with Crippen molar-refractivity contribution in [3.63, 3.8) is 0 Å². The van der Waals surface area contributed by atoms with Crippen molar-refractivity contribution in [3.8, 4) is 0 Å². The second kappa shape index (κ2) is 3.66. The molecule has 0 N–H and O–H groups in total. The molecule has 0 unspecified atom stereocenters. The number of nitrogens with zero attached hydrogens (tertiary/aromatic N) is 1. The summed E-state index contributed by atoms with van der Waals surface area (Å²) in [4.78, 5) is 24.9. The Kier molecular flexibility index (Phi) is 2.49. The fourth-order valence-electron chi connectivity index (χ4n) is 1.72. The van der Waals surface area contributed by atoms with Crippen LogP contribution in [0.5, 0.6) is 0 Å². The Morgan fingerprint density at radius 2 is 2.00 bits per heavy atom. The molecule has 0 atom stereocenters. The van der Waals surface area contributed by atoms with Gasteiger partial charge in [-0.05, 0) is 18.6 Å². The summed E-state index contributed by atoms with van der Waals surface area (Å²) in [5, 5.41) is 0.351. The highest BCUT2D eigenvalue weighted by atomic mass is 35.5. The normalized spacial score (nSPS) is 14.7. The van der Waals surface area contributed by atoms with E-state index in [4.69, 9.17) is 11.6 Å². The first-order valence-corrected chi connectivity index (χ1v) is 5.19. The standard InChI is InChI=1S/C11H10ClNO2/c1-2-6-13-10(14)7-4-3-5-8(12)9(7)11(13)15/h3-5H,2,6H2,1H3. The second-order valence-corrected chi connectivity index (χ2v) is 3.83. The maximum atomic E-state index is 11.8. The number of imide groups is 1. The van der Waals surface area contributed by atoms with Crippen LogP contribution in [-0.4, -0.2) is 23.3 Å². The van der Waals surface area contributed by atoms with Crippen molar-refractivity contribution >= 4 is 23.4 Å². The Bertz CT molecular complexity index is 442. The van der Waals surface area contributed by atoms with Gasteiger partial charge in [-0.1, -0.05) is 24.6 Å². The summed E-state index contributed by atoms with van der Waals surface area (Å²) in [7, 11) is 0. The van der Waals surface area contributed by atoms with Crippen LogP contribution >= 0.6 is 11.6 Å². The molecule has 1 aromatic carbocycles. The maximum absolute atomic E-state index is 11.8. The molecule has 0 fully saturated rings. The fourth-order valence-corrected chi connectivity index (χ4v) is 1.97. The van der Waals surface area contributed by atoms with Crippen molar-refractivity contribution in [1.82, 2.24) is 4.90 Å². The van der Waals surface area contributed by atoms with Gasteiger partial charge in [0, 0.05) is 6.54 Å². The predicted molar refractivity (Wildman–Crippen MR) is 57.1 cm³/mol. The molecule has 0 radical (unpaired) electrons. The highest BCUT2D eigenvalue weighted by Crippen LogP contribution is 2.28. The van der Waals surface area contributed by atoms with E-state index in [1.54, 1.807) is 18.2 Å². The zero-order valence-electron chi connectivity index (χ0n) is 8.29. The van der Waals surface area contributed by atoms with Gasteiger partial charge < -0.3 is 0 Å². The average Bonchev–Trinajstić information content (AvgIpc) is 2.45. The third-order valence-corrected chi connectivity index (χ3v) is 2.71. The topological polar surface area (TPSA) is 37.4 Å². The first-order chi connectivity index (χ1) is 7.16. The molecule has 0 saturated carbocycles. The number of hydrogen-bond donors (Lipinski definition) is 0. The molecule has 2 amide bonds. The highest BCUT2D eigenvalue weighted by Gasteiger charge is 2.36. The van der Waals surface area contributed by atoms with Gasteiger partial charge in [-0.2, -0.15) is 0 Å². The quantitative estimate of drug-likeness (QED) is 0.722. The molecule has 3 nitrogen and oxygen atoms in total. The number of fused-ring (bicyclic) bond motifs is 1. The van der Waals surface area contributed by atoms with Crippen LogP contribution in [0.2, 0.25) is 5.02 Å². The molecular formula is C11H10ClNO2. The van der Waals surface area contributed by atoms with E-state index in [0.717, 1.165) is 6.42 Å². The average molecular weight is 224 g/mol. The molecular weight excluding hydrogens is 214 g/mol. The number of carbonyl (C=O) groups is 2. The monoisotopic (exact) mass is 223 g/mol. The van der Waals surface area contributed by atoms with Crippen LogP contribution in [0.1, 0.15) is 34.1 Å². The molecule has 1 aliphatic rings. The Balaban J connectivity index is 2.51. The molecule has 0 bridgehead atoms. The van der Waals surface area contributed by atoms with Gasteiger partial charge in [-0.15, -0.1) is 0 Å². The van der Waals surface area contributed by atoms with E-state index in [1.165, 1.54) is 4.90 Å². The minimum atomic E-state index is -0.276. The first kappa shape index (κ1) is 10.2. The molecule has 1 aromatic rings. The van der Waals surface area contributed by atoms with E-state index in [9.17, 15) is 9.59 Å². The van der Waals surface area contributed by atoms with Crippen molar-refractivity contribution in [1.29, 1.82) is 0 Å². The molecule has 1 heterocycles. The van der Waals surface area contributed by atoms with E-state index in [0.29, 0.717) is 22.7 Å². The third-order valence-electron chi connectivity index (χ3n) is 2.40. The van der Waals surface area contributed by atoms with Crippen LogP contribution in [0.3, 0.4) is 0 Å². The molecule has 2 rings (SSSR count). The molecule has 78 valence electrons. The van der Waals surface area contributed by atoms with Gasteiger partial charge in [0.15, 0.2) is 0 Å². The summed E-state index contributed by atoms with van der Waals surface area (Å²) in [5.41, 5.74) is 0.763. The van der Waals surface area contributed by atoms with Crippen molar-refractivity contribution in [3.05, 3.63) is 34.3 Å². The Morgan fingerprint density at radius 3 is 2.60 bits per heavy atom. The van der Waals surface area contributed by atoms with Gasteiger partial charge >= 0.3 is 0 Å². The Labute approximate surface area is 92.6 Å². The van der Waals surface area contributed by atoms with Crippen LogP contribution in [0.15, 0.2) is 18.2 Å². The number of benzene rings is 1. The van der Waals surface area contributed by atoms with E-state index in [-0.39, 0.29) is 11.8 Å². The van der Waals surface area contributed by atoms with Gasteiger partial charge in [0.2, 0.25) is 0 Å². The van der Waals surface area contributed by atoms with E-state index >= 15 is 0 Å². The molecule has 0 aromatic heterocycles.